The minimum atomic E-state index is -3.77. The van der Waals surface area contributed by atoms with Gasteiger partial charge in [0.1, 0.15) is 0 Å². The number of nitrogen functional groups attached to an aromatic ring is 1. The lowest BCUT2D eigenvalue weighted by atomic mass is 10.3. The van der Waals surface area contributed by atoms with Crippen LogP contribution in [0.2, 0.25) is 0 Å². The molecule has 1 aromatic carbocycles. The Hall–Kier alpha value is -0.640. The summed E-state index contributed by atoms with van der Waals surface area (Å²) in [6.45, 7) is 1.56. The molecule has 0 spiro atoms. The average molecular weight is 383 g/mol. The number of rotatable bonds is 2. The molecule has 0 aromatic heterocycles. The SMILES string of the molecule is CC1CS(=O)(=O)CCN1S(=O)(=O)c1cc(N)ccc1Br. The molecule has 0 radical (unpaired) electrons. The van der Waals surface area contributed by atoms with Crippen molar-refractivity contribution in [3.05, 3.63) is 22.7 Å². The summed E-state index contributed by atoms with van der Waals surface area (Å²) in [7, 11) is -6.94. The van der Waals surface area contributed by atoms with Crippen LogP contribution in [-0.4, -0.2) is 45.2 Å². The molecule has 20 heavy (non-hydrogen) atoms. The first-order valence-corrected chi connectivity index (χ1v) is 9.96. The molecule has 2 rings (SSSR count). The molecule has 2 N–H and O–H groups in total. The second kappa shape index (κ2) is 5.28. The quantitative estimate of drug-likeness (QED) is 0.764. The Balaban J connectivity index is 2.43. The van der Waals surface area contributed by atoms with E-state index in [-0.39, 0.29) is 22.9 Å². The van der Waals surface area contributed by atoms with E-state index in [0.29, 0.717) is 10.2 Å². The molecule has 0 aliphatic carbocycles. The van der Waals surface area contributed by atoms with E-state index in [1.807, 2.05) is 0 Å². The number of sulfonamides is 1. The van der Waals surface area contributed by atoms with Gasteiger partial charge < -0.3 is 5.73 Å². The maximum absolute atomic E-state index is 12.6. The van der Waals surface area contributed by atoms with Crippen LogP contribution < -0.4 is 5.73 Å². The topological polar surface area (TPSA) is 97.5 Å². The molecule has 6 nitrogen and oxygen atoms in total. The normalized spacial score (nSPS) is 23.6. The molecule has 9 heteroatoms. The summed E-state index contributed by atoms with van der Waals surface area (Å²) in [5, 5.41) is 0. The Morgan fingerprint density at radius 2 is 2.05 bits per heavy atom. The Morgan fingerprint density at radius 3 is 2.65 bits per heavy atom. The third-order valence-corrected chi connectivity index (χ3v) is 7.95. The molecular weight excluding hydrogens is 368 g/mol. The van der Waals surface area contributed by atoms with E-state index in [1.165, 1.54) is 10.4 Å². The summed E-state index contributed by atoms with van der Waals surface area (Å²) in [4.78, 5) is 0.0589. The van der Waals surface area contributed by atoms with E-state index in [4.69, 9.17) is 5.73 Å². The van der Waals surface area contributed by atoms with Gasteiger partial charge in [0.05, 0.1) is 16.4 Å². The standard InChI is InChI=1S/C11H15BrN2O4S2/c1-8-7-19(15,16)5-4-14(8)20(17,18)11-6-9(13)2-3-10(11)12/h2-3,6,8H,4-5,7,13H2,1H3. The summed E-state index contributed by atoms with van der Waals surface area (Å²) in [5.41, 5.74) is 5.97. The van der Waals surface area contributed by atoms with Crippen LogP contribution in [0, 0.1) is 0 Å². The number of nitrogens with zero attached hydrogens (tertiary/aromatic N) is 1. The van der Waals surface area contributed by atoms with Crippen LogP contribution >= 0.6 is 15.9 Å². The van der Waals surface area contributed by atoms with Gasteiger partial charge in [-0.2, -0.15) is 4.31 Å². The van der Waals surface area contributed by atoms with Crippen molar-refractivity contribution in [1.82, 2.24) is 4.31 Å². The second-order valence-corrected chi connectivity index (χ2v) is 9.71. The van der Waals surface area contributed by atoms with Gasteiger partial charge in [-0.25, -0.2) is 16.8 Å². The van der Waals surface area contributed by atoms with Crippen LogP contribution in [0.4, 0.5) is 5.69 Å². The molecular formula is C11H15BrN2O4S2. The third kappa shape index (κ3) is 3.00. The van der Waals surface area contributed by atoms with E-state index in [1.54, 1.807) is 19.1 Å². The molecule has 1 saturated heterocycles. The van der Waals surface area contributed by atoms with Gasteiger partial charge in [-0.15, -0.1) is 0 Å². The fourth-order valence-corrected chi connectivity index (χ4v) is 6.54. The average Bonchev–Trinajstić information content (AvgIpc) is 2.30. The molecule has 1 aliphatic rings. The summed E-state index contributed by atoms with van der Waals surface area (Å²) in [6, 6.07) is 3.93. The molecule has 0 bridgehead atoms. The van der Waals surface area contributed by atoms with Crippen LogP contribution in [0.15, 0.2) is 27.6 Å². The number of anilines is 1. The molecule has 1 heterocycles. The van der Waals surface area contributed by atoms with E-state index in [9.17, 15) is 16.8 Å². The Morgan fingerprint density at radius 1 is 1.40 bits per heavy atom. The highest BCUT2D eigenvalue weighted by Crippen LogP contribution is 2.29. The molecule has 1 atom stereocenters. The number of halogens is 1. The highest BCUT2D eigenvalue weighted by molar-refractivity contribution is 9.10. The minimum absolute atomic E-state index is 0.0347. The maximum atomic E-state index is 12.6. The van der Waals surface area contributed by atoms with Gasteiger partial charge in [-0.1, -0.05) is 0 Å². The largest absolute Gasteiger partial charge is 0.399 e. The van der Waals surface area contributed by atoms with Crippen LogP contribution in [0.25, 0.3) is 0 Å². The van der Waals surface area contributed by atoms with Crippen LogP contribution in [-0.2, 0) is 19.9 Å². The summed E-state index contributed by atoms with van der Waals surface area (Å²) in [5.74, 6) is -0.317. The lowest BCUT2D eigenvalue weighted by molar-refractivity contribution is 0.356. The molecule has 1 fully saturated rings. The van der Waals surface area contributed by atoms with Crippen molar-refractivity contribution in [1.29, 1.82) is 0 Å². The van der Waals surface area contributed by atoms with Crippen molar-refractivity contribution in [3.8, 4) is 0 Å². The van der Waals surface area contributed by atoms with Gasteiger partial charge in [-0.05, 0) is 41.1 Å². The third-order valence-electron chi connectivity index (χ3n) is 3.15. The van der Waals surface area contributed by atoms with Crippen LogP contribution in [0.3, 0.4) is 0 Å². The summed E-state index contributed by atoms with van der Waals surface area (Å²) >= 11 is 3.20. The first kappa shape index (κ1) is 15.7. The second-order valence-electron chi connectivity index (χ2n) is 4.77. The smallest absolute Gasteiger partial charge is 0.244 e. The first-order chi connectivity index (χ1) is 9.13. The first-order valence-electron chi connectivity index (χ1n) is 5.91. The highest BCUT2D eigenvalue weighted by Gasteiger charge is 2.37. The number of sulfone groups is 1. The predicted molar refractivity (Wildman–Crippen MR) is 80.6 cm³/mol. The van der Waals surface area contributed by atoms with Gasteiger partial charge in [-0.3, -0.25) is 0 Å². The van der Waals surface area contributed by atoms with E-state index in [0.717, 1.165) is 0 Å². The lowest BCUT2D eigenvalue weighted by Gasteiger charge is -2.32. The Labute approximate surface area is 127 Å². The zero-order valence-corrected chi connectivity index (χ0v) is 14.0. The molecule has 1 unspecified atom stereocenters. The predicted octanol–water partition coefficient (Wildman–Crippen LogP) is 0.839. The lowest BCUT2D eigenvalue weighted by Crippen LogP contribution is -2.49. The monoisotopic (exact) mass is 382 g/mol. The maximum Gasteiger partial charge on any atom is 0.244 e. The molecule has 1 aliphatic heterocycles. The van der Waals surface area contributed by atoms with Crippen molar-refractivity contribution >= 4 is 41.5 Å². The fourth-order valence-electron chi connectivity index (χ4n) is 2.18. The number of hydrogen-bond donors (Lipinski definition) is 1. The van der Waals surface area contributed by atoms with E-state index < -0.39 is 25.9 Å². The van der Waals surface area contributed by atoms with Crippen molar-refractivity contribution < 1.29 is 16.8 Å². The van der Waals surface area contributed by atoms with Gasteiger partial charge in [0, 0.05) is 22.7 Å². The van der Waals surface area contributed by atoms with Gasteiger partial charge in [0.15, 0.2) is 9.84 Å². The van der Waals surface area contributed by atoms with Gasteiger partial charge >= 0.3 is 0 Å². The highest BCUT2D eigenvalue weighted by atomic mass is 79.9. The van der Waals surface area contributed by atoms with Gasteiger partial charge in [0.25, 0.3) is 0 Å². The molecule has 0 amide bonds. The Kier molecular flexibility index (Phi) is 4.16. The van der Waals surface area contributed by atoms with E-state index >= 15 is 0 Å². The summed E-state index contributed by atoms with van der Waals surface area (Å²) < 4.78 is 50.0. The number of nitrogens with two attached hydrogens (primary N) is 1. The zero-order valence-electron chi connectivity index (χ0n) is 10.8. The molecule has 112 valence electrons. The summed E-state index contributed by atoms with van der Waals surface area (Å²) in [6.07, 6.45) is 0. The minimum Gasteiger partial charge on any atom is -0.399 e. The van der Waals surface area contributed by atoms with Crippen molar-refractivity contribution in [2.75, 3.05) is 23.8 Å². The number of benzene rings is 1. The van der Waals surface area contributed by atoms with Crippen molar-refractivity contribution in [3.63, 3.8) is 0 Å². The van der Waals surface area contributed by atoms with E-state index in [2.05, 4.69) is 15.9 Å². The Bertz CT molecular complexity index is 731. The van der Waals surface area contributed by atoms with Crippen LogP contribution in [0.1, 0.15) is 6.92 Å². The van der Waals surface area contributed by atoms with Crippen molar-refractivity contribution in [2.24, 2.45) is 0 Å². The van der Waals surface area contributed by atoms with Crippen molar-refractivity contribution in [2.45, 2.75) is 17.9 Å². The van der Waals surface area contributed by atoms with Gasteiger partial charge in [0.2, 0.25) is 10.0 Å². The zero-order chi connectivity index (χ0) is 15.1. The molecule has 1 aromatic rings. The molecule has 0 saturated carbocycles. The fraction of sp³-hybridized carbons (Fsp3) is 0.455. The van der Waals surface area contributed by atoms with Crippen LogP contribution in [0.5, 0.6) is 0 Å². The number of hydrogen-bond acceptors (Lipinski definition) is 5.